The van der Waals surface area contributed by atoms with Crippen molar-refractivity contribution in [2.75, 3.05) is 11.9 Å². The maximum absolute atomic E-state index is 12.4. The molecule has 0 aromatic carbocycles. The van der Waals surface area contributed by atoms with Crippen molar-refractivity contribution in [3.63, 3.8) is 0 Å². The van der Waals surface area contributed by atoms with E-state index in [4.69, 9.17) is 14.5 Å². The van der Waals surface area contributed by atoms with Crippen molar-refractivity contribution in [2.45, 2.75) is 51.7 Å². The molecule has 4 atom stereocenters. The summed E-state index contributed by atoms with van der Waals surface area (Å²) in [4.78, 5) is 24.4. The average Bonchev–Trinajstić information content (AvgIpc) is 3.57. The van der Waals surface area contributed by atoms with Gasteiger partial charge in [-0.15, -0.1) is 5.10 Å². The maximum Gasteiger partial charge on any atom is 0.306 e. The molecule has 3 heterocycles. The molecule has 11 nitrogen and oxygen atoms in total. The van der Waals surface area contributed by atoms with Crippen molar-refractivity contribution in [1.29, 1.82) is 0 Å². The van der Waals surface area contributed by atoms with E-state index in [1.165, 1.54) is 12.3 Å². The minimum atomic E-state index is -2.60. The third-order valence-corrected chi connectivity index (χ3v) is 7.31. The molecule has 0 bridgehead atoms. The third-order valence-electron chi connectivity index (χ3n) is 7.31. The van der Waals surface area contributed by atoms with E-state index in [2.05, 4.69) is 25.6 Å². The van der Waals surface area contributed by atoms with Crippen LogP contribution in [-0.2, 0) is 18.4 Å². The van der Waals surface area contributed by atoms with E-state index >= 15 is 0 Å². The molecule has 0 spiro atoms. The number of rotatable bonds is 10. The van der Waals surface area contributed by atoms with Gasteiger partial charge in [0, 0.05) is 19.3 Å². The summed E-state index contributed by atoms with van der Waals surface area (Å²) >= 11 is 0. The third kappa shape index (κ3) is 5.50. The summed E-state index contributed by atoms with van der Waals surface area (Å²) in [5.41, 5.74) is 2.60. The molecule has 3 aromatic rings. The van der Waals surface area contributed by atoms with Crippen LogP contribution in [0.1, 0.15) is 37.1 Å². The van der Waals surface area contributed by atoms with Gasteiger partial charge in [-0.1, -0.05) is 5.21 Å². The van der Waals surface area contributed by atoms with Gasteiger partial charge in [0.2, 0.25) is 11.8 Å². The summed E-state index contributed by atoms with van der Waals surface area (Å²) in [6.07, 6.45) is 2.12. The first kappa shape index (κ1) is 25.7. The minimum absolute atomic E-state index is 0.0183. The molecule has 4 unspecified atom stereocenters. The number of hydrogen-bond donors (Lipinski definition) is 2. The lowest BCUT2D eigenvalue weighted by atomic mass is 9.92. The Morgan fingerprint density at radius 3 is 2.84 bits per heavy atom. The molecule has 13 heteroatoms. The Morgan fingerprint density at radius 1 is 1.24 bits per heavy atom. The van der Waals surface area contributed by atoms with E-state index in [9.17, 15) is 18.7 Å². The first-order valence-electron chi connectivity index (χ1n) is 12.5. The Morgan fingerprint density at radius 2 is 2.08 bits per heavy atom. The summed E-state index contributed by atoms with van der Waals surface area (Å²) in [5.74, 6) is 0.546. The number of nitrogens with zero attached hydrogens (tertiary/aromatic N) is 6. The van der Waals surface area contributed by atoms with Crippen molar-refractivity contribution >= 4 is 11.9 Å². The molecule has 2 aliphatic carbocycles. The number of pyridine rings is 1. The van der Waals surface area contributed by atoms with Gasteiger partial charge in [-0.25, -0.2) is 23.4 Å². The molecule has 202 valence electrons. The number of hydrogen-bond acceptors (Lipinski definition) is 9. The Balaban J connectivity index is 1.25. The number of alkyl halides is 2. The first-order chi connectivity index (χ1) is 18.3. The van der Waals surface area contributed by atoms with Gasteiger partial charge < -0.3 is 19.9 Å². The number of nitrogens with one attached hydrogen (secondary N) is 1. The summed E-state index contributed by atoms with van der Waals surface area (Å²) in [6.45, 7) is 1.37. The lowest BCUT2D eigenvalue weighted by molar-refractivity contribution is -0.143. The van der Waals surface area contributed by atoms with E-state index in [1.54, 1.807) is 11.7 Å². The fourth-order valence-corrected chi connectivity index (χ4v) is 5.52. The number of carboxylic acid groups (broad SMARTS) is 1. The van der Waals surface area contributed by atoms with Crippen molar-refractivity contribution in [3.8, 4) is 23.0 Å². The quantitative estimate of drug-likeness (QED) is 0.401. The van der Waals surface area contributed by atoms with Crippen LogP contribution in [0.15, 0.2) is 24.4 Å². The number of anilines is 1. The zero-order chi connectivity index (χ0) is 26.8. The highest BCUT2D eigenvalue weighted by Crippen LogP contribution is 2.48. The van der Waals surface area contributed by atoms with Crippen molar-refractivity contribution in [3.05, 3.63) is 35.8 Å². The summed E-state index contributed by atoms with van der Waals surface area (Å²) in [6, 6.07) is 5.09. The molecule has 2 saturated carbocycles. The van der Waals surface area contributed by atoms with E-state index < -0.39 is 19.0 Å². The zero-order valence-corrected chi connectivity index (χ0v) is 21.0. The van der Waals surface area contributed by atoms with Crippen molar-refractivity contribution in [1.82, 2.24) is 29.9 Å². The minimum Gasteiger partial charge on any atom is -0.489 e. The average molecular weight is 530 g/mol. The van der Waals surface area contributed by atoms with Gasteiger partial charge >= 0.3 is 5.97 Å². The Bertz CT molecular complexity index is 1300. The molecular formula is C25H29F2N7O4. The van der Waals surface area contributed by atoms with Gasteiger partial charge in [-0.3, -0.25) is 4.79 Å². The molecule has 3 aromatic heterocycles. The molecular weight excluding hydrogens is 500 g/mol. The van der Waals surface area contributed by atoms with Crippen molar-refractivity contribution in [2.24, 2.45) is 24.8 Å². The fraction of sp³-hybridized carbons (Fsp3) is 0.520. The number of aromatic nitrogens is 6. The van der Waals surface area contributed by atoms with Crippen LogP contribution in [0.5, 0.6) is 11.6 Å². The van der Waals surface area contributed by atoms with Crippen LogP contribution in [0.3, 0.4) is 0 Å². The van der Waals surface area contributed by atoms with Crippen LogP contribution in [0.2, 0.25) is 0 Å². The van der Waals surface area contributed by atoms with E-state index in [1.807, 2.05) is 19.1 Å². The van der Waals surface area contributed by atoms with E-state index in [-0.39, 0.29) is 36.3 Å². The van der Waals surface area contributed by atoms with Gasteiger partial charge in [-0.05, 0) is 56.6 Å². The molecule has 0 saturated heterocycles. The van der Waals surface area contributed by atoms with Crippen LogP contribution < -0.4 is 14.8 Å². The molecule has 0 aliphatic heterocycles. The Labute approximate surface area is 217 Å². The lowest BCUT2D eigenvalue weighted by Gasteiger charge is -2.18. The number of carbonyl (C=O) groups is 1. The predicted molar refractivity (Wildman–Crippen MR) is 131 cm³/mol. The molecule has 2 N–H and O–H groups in total. The van der Waals surface area contributed by atoms with E-state index in [0.717, 1.165) is 31.4 Å². The highest BCUT2D eigenvalue weighted by atomic mass is 19.3. The first-order valence-corrected chi connectivity index (χ1v) is 12.5. The highest BCUT2D eigenvalue weighted by molar-refractivity contribution is 5.71. The van der Waals surface area contributed by atoms with Crippen LogP contribution in [0.25, 0.3) is 11.4 Å². The zero-order valence-electron chi connectivity index (χ0n) is 21.0. The van der Waals surface area contributed by atoms with Gasteiger partial charge in [0.1, 0.15) is 11.4 Å². The second-order valence-corrected chi connectivity index (χ2v) is 9.72. The van der Waals surface area contributed by atoms with Gasteiger partial charge in [-0.2, -0.15) is 4.98 Å². The normalized spacial score (nSPS) is 22.4. The molecule has 5 rings (SSSR count). The number of ether oxygens (including phenoxy) is 2. The summed E-state index contributed by atoms with van der Waals surface area (Å²) < 4.78 is 37.7. The number of halogens is 2. The molecule has 2 fully saturated rings. The molecule has 0 amide bonds. The van der Waals surface area contributed by atoms with Crippen LogP contribution in [0.4, 0.5) is 14.7 Å². The Hall–Kier alpha value is -3.90. The second kappa shape index (κ2) is 10.8. The largest absolute Gasteiger partial charge is 0.489 e. The summed E-state index contributed by atoms with van der Waals surface area (Å²) in [7, 11) is 1.75. The number of aryl methyl sites for hydroxylation is 2. The predicted octanol–water partition coefficient (Wildman–Crippen LogP) is 3.50. The molecule has 0 radical (unpaired) electrons. The van der Waals surface area contributed by atoms with E-state index in [0.29, 0.717) is 28.7 Å². The topological polar surface area (TPSA) is 137 Å². The molecule has 38 heavy (non-hydrogen) atoms. The second-order valence-electron chi connectivity index (χ2n) is 9.72. The standard InChI is InChI=1S/C25H29F2N7O4/c1-13-20(38-15-9-14-3-4-16(24(35)36)17(14)10-15)6-5-18(30-13)23-19(34(2)33-32-23)11-29-25-28-8-7-22(31-25)37-12-21(26)27/h5-8,14-17,21H,3-4,9-12H2,1-2H3,(H,35,36)(H,28,29,31). The van der Waals surface area contributed by atoms with Crippen LogP contribution in [-0.4, -0.2) is 60.2 Å². The fourth-order valence-electron chi connectivity index (χ4n) is 5.52. The number of carboxylic acids is 1. The number of fused-ring (bicyclic) bond motifs is 1. The molecule has 2 aliphatic rings. The Kier molecular flexibility index (Phi) is 7.34. The van der Waals surface area contributed by atoms with Gasteiger partial charge in [0.25, 0.3) is 6.43 Å². The lowest BCUT2D eigenvalue weighted by Crippen LogP contribution is -2.21. The van der Waals surface area contributed by atoms with Crippen LogP contribution >= 0.6 is 0 Å². The summed E-state index contributed by atoms with van der Waals surface area (Å²) in [5, 5.41) is 20.9. The maximum atomic E-state index is 12.4. The smallest absolute Gasteiger partial charge is 0.306 e. The van der Waals surface area contributed by atoms with Gasteiger partial charge in [0.05, 0.1) is 35.6 Å². The van der Waals surface area contributed by atoms with Gasteiger partial charge in [0.15, 0.2) is 6.61 Å². The number of aliphatic carboxylic acids is 1. The van der Waals surface area contributed by atoms with Crippen LogP contribution in [0, 0.1) is 24.7 Å². The highest BCUT2D eigenvalue weighted by Gasteiger charge is 2.47. The SMILES string of the molecule is Cc1nc(-c2nnn(C)c2CNc2nccc(OCC(F)F)n2)ccc1OC1CC2CCC(C(=O)O)C2C1. The monoisotopic (exact) mass is 529 g/mol. The van der Waals surface area contributed by atoms with Crippen molar-refractivity contribution < 1.29 is 28.2 Å².